The van der Waals surface area contributed by atoms with Crippen LogP contribution in [0, 0.1) is 0 Å². The summed E-state index contributed by atoms with van der Waals surface area (Å²) in [4.78, 5) is 2.42. The normalized spacial score (nSPS) is 14.7. The smallest absolute Gasteiger partial charge is 0.0503 e. The highest BCUT2D eigenvalue weighted by atomic mass is 15.2. The van der Waals surface area contributed by atoms with Crippen molar-refractivity contribution in [1.82, 2.24) is 0 Å². The average molecular weight is 671 g/mol. The Morgan fingerprint density at radius 2 is 0.942 bits per heavy atom. The van der Waals surface area contributed by atoms with Gasteiger partial charge in [-0.25, -0.2) is 0 Å². The second-order valence-electron chi connectivity index (χ2n) is 15.2. The maximum atomic E-state index is 3.47. The van der Waals surface area contributed by atoms with Crippen LogP contribution in [0.25, 0.3) is 34.4 Å². The Morgan fingerprint density at radius 3 is 1.69 bits per heavy atom. The molecule has 2 nitrogen and oxygen atoms in total. The van der Waals surface area contributed by atoms with Gasteiger partial charge in [0.2, 0.25) is 0 Å². The second kappa shape index (κ2) is 12.3. The van der Waals surface area contributed by atoms with Gasteiger partial charge in [-0.2, -0.15) is 0 Å². The predicted octanol–water partition coefficient (Wildman–Crippen LogP) is 13.7. The standard InChI is InChI=1S/C50H42N2/c1-49(2)43-17-11-12-18-47(43)52(40-15-9-6-10-16-40)48-30-25-37(33-46(48)49)36-24-29-42-41-28-23-35(31-44(41)50(3,4)45(42)32-36)20-19-34-21-26-39(27-22-34)51-38-13-7-5-8-14-38/h5-33,51H,1-4H3/b20-19+. The molecule has 2 aliphatic rings. The molecule has 0 radical (unpaired) electrons. The summed E-state index contributed by atoms with van der Waals surface area (Å²) in [5, 5.41) is 3.47. The first kappa shape index (κ1) is 31.8. The van der Waals surface area contributed by atoms with Crippen molar-refractivity contribution >= 4 is 40.6 Å². The molecule has 1 heterocycles. The van der Waals surface area contributed by atoms with Crippen LogP contribution in [0.5, 0.6) is 0 Å². The number of hydrogen-bond acceptors (Lipinski definition) is 2. The van der Waals surface area contributed by atoms with E-state index >= 15 is 0 Å². The Labute approximate surface area is 307 Å². The van der Waals surface area contributed by atoms with Crippen LogP contribution in [-0.4, -0.2) is 0 Å². The molecule has 52 heavy (non-hydrogen) atoms. The first-order chi connectivity index (χ1) is 25.3. The van der Waals surface area contributed by atoms with E-state index in [-0.39, 0.29) is 10.8 Å². The highest BCUT2D eigenvalue weighted by molar-refractivity contribution is 5.89. The van der Waals surface area contributed by atoms with Crippen LogP contribution in [0.4, 0.5) is 28.4 Å². The number of anilines is 5. The quantitative estimate of drug-likeness (QED) is 0.177. The van der Waals surface area contributed by atoms with Gasteiger partial charge in [0, 0.05) is 27.9 Å². The van der Waals surface area contributed by atoms with Gasteiger partial charge in [-0.15, -0.1) is 0 Å². The zero-order chi connectivity index (χ0) is 35.5. The highest BCUT2D eigenvalue weighted by Gasteiger charge is 2.38. The van der Waals surface area contributed by atoms with Gasteiger partial charge in [-0.1, -0.05) is 143 Å². The lowest BCUT2D eigenvalue weighted by molar-refractivity contribution is 0.632. The van der Waals surface area contributed by atoms with Gasteiger partial charge in [-0.3, -0.25) is 0 Å². The van der Waals surface area contributed by atoms with Crippen LogP contribution in [0.3, 0.4) is 0 Å². The van der Waals surface area contributed by atoms with E-state index in [0.717, 1.165) is 11.4 Å². The van der Waals surface area contributed by atoms with Crippen LogP contribution in [0.2, 0.25) is 0 Å². The summed E-state index contributed by atoms with van der Waals surface area (Å²) in [7, 11) is 0. The molecular formula is C50H42N2. The lowest BCUT2D eigenvalue weighted by Crippen LogP contribution is -2.30. The fraction of sp³-hybridized carbons (Fsp3) is 0.120. The Hall–Kier alpha value is -6.12. The van der Waals surface area contributed by atoms with E-state index in [1.807, 2.05) is 18.2 Å². The third-order valence-electron chi connectivity index (χ3n) is 11.2. The van der Waals surface area contributed by atoms with Crippen molar-refractivity contribution in [3.8, 4) is 22.3 Å². The molecule has 0 saturated heterocycles. The van der Waals surface area contributed by atoms with Crippen molar-refractivity contribution in [2.75, 3.05) is 10.2 Å². The summed E-state index contributed by atoms with van der Waals surface area (Å²) in [5.41, 5.74) is 18.6. The van der Waals surface area contributed by atoms with E-state index in [2.05, 4.69) is 196 Å². The van der Waals surface area contributed by atoms with Gasteiger partial charge in [0.05, 0.1) is 11.4 Å². The van der Waals surface area contributed by atoms with Crippen LogP contribution in [0.15, 0.2) is 164 Å². The molecule has 0 unspecified atom stereocenters. The molecule has 252 valence electrons. The molecule has 7 aromatic rings. The molecular weight excluding hydrogens is 629 g/mol. The number of hydrogen-bond donors (Lipinski definition) is 1. The lowest BCUT2D eigenvalue weighted by Gasteiger charge is -2.42. The van der Waals surface area contributed by atoms with Crippen molar-refractivity contribution in [3.63, 3.8) is 0 Å². The summed E-state index contributed by atoms with van der Waals surface area (Å²) in [6, 6.07) is 59.6. The minimum atomic E-state index is -0.148. The number of nitrogens with zero attached hydrogens (tertiary/aromatic N) is 1. The molecule has 1 N–H and O–H groups in total. The van der Waals surface area contributed by atoms with E-state index < -0.39 is 0 Å². The molecule has 0 fully saturated rings. The summed E-state index contributed by atoms with van der Waals surface area (Å²) >= 11 is 0. The third kappa shape index (κ3) is 5.34. The Morgan fingerprint density at radius 1 is 0.423 bits per heavy atom. The number of fused-ring (bicyclic) bond motifs is 5. The molecule has 1 aliphatic carbocycles. The average Bonchev–Trinajstić information content (AvgIpc) is 3.40. The summed E-state index contributed by atoms with van der Waals surface area (Å²) in [6.07, 6.45) is 4.44. The van der Waals surface area contributed by atoms with Crippen molar-refractivity contribution in [2.24, 2.45) is 0 Å². The van der Waals surface area contributed by atoms with Crippen molar-refractivity contribution in [3.05, 3.63) is 197 Å². The number of nitrogens with one attached hydrogen (secondary N) is 1. The first-order valence-electron chi connectivity index (χ1n) is 18.3. The first-order valence-corrected chi connectivity index (χ1v) is 18.3. The topological polar surface area (TPSA) is 15.3 Å². The van der Waals surface area contributed by atoms with E-state index in [0.29, 0.717) is 0 Å². The Bertz CT molecular complexity index is 2470. The highest BCUT2D eigenvalue weighted by Crippen LogP contribution is 2.54. The van der Waals surface area contributed by atoms with Crippen LogP contribution in [-0.2, 0) is 10.8 Å². The van der Waals surface area contributed by atoms with E-state index in [1.165, 1.54) is 72.7 Å². The van der Waals surface area contributed by atoms with E-state index in [9.17, 15) is 0 Å². The maximum absolute atomic E-state index is 3.47. The molecule has 0 saturated carbocycles. The second-order valence-corrected chi connectivity index (χ2v) is 15.2. The molecule has 0 atom stereocenters. The Balaban J connectivity index is 1.02. The fourth-order valence-electron chi connectivity index (χ4n) is 8.33. The molecule has 7 aromatic carbocycles. The van der Waals surface area contributed by atoms with Crippen LogP contribution < -0.4 is 10.2 Å². The zero-order valence-corrected chi connectivity index (χ0v) is 30.2. The molecule has 0 spiro atoms. The van der Waals surface area contributed by atoms with Gasteiger partial charge >= 0.3 is 0 Å². The largest absolute Gasteiger partial charge is 0.356 e. The van der Waals surface area contributed by atoms with Crippen LogP contribution in [0.1, 0.15) is 61.1 Å². The minimum Gasteiger partial charge on any atom is -0.356 e. The number of benzene rings is 7. The SMILES string of the molecule is CC1(C)c2cc(/C=C/c3ccc(Nc4ccccc4)cc3)ccc2-c2ccc(-c3ccc4c(c3)C(C)(C)c3ccccc3N4c3ccccc3)cc21. The van der Waals surface area contributed by atoms with Gasteiger partial charge < -0.3 is 10.2 Å². The molecule has 0 amide bonds. The maximum Gasteiger partial charge on any atom is 0.0503 e. The van der Waals surface area contributed by atoms with Gasteiger partial charge in [-0.05, 0) is 116 Å². The molecule has 2 heteroatoms. The molecule has 9 rings (SSSR count). The molecule has 1 aliphatic heterocycles. The lowest BCUT2D eigenvalue weighted by atomic mass is 9.72. The monoisotopic (exact) mass is 670 g/mol. The summed E-state index contributed by atoms with van der Waals surface area (Å²) < 4.78 is 0. The molecule has 0 bridgehead atoms. The minimum absolute atomic E-state index is 0.119. The summed E-state index contributed by atoms with van der Waals surface area (Å²) in [6.45, 7) is 9.48. The fourth-order valence-corrected chi connectivity index (χ4v) is 8.33. The summed E-state index contributed by atoms with van der Waals surface area (Å²) in [5.74, 6) is 0. The van der Waals surface area contributed by atoms with Gasteiger partial charge in [0.15, 0.2) is 0 Å². The third-order valence-corrected chi connectivity index (χ3v) is 11.2. The molecule has 0 aromatic heterocycles. The van der Waals surface area contributed by atoms with Crippen LogP contribution >= 0.6 is 0 Å². The number of rotatable bonds is 6. The zero-order valence-electron chi connectivity index (χ0n) is 30.2. The van der Waals surface area contributed by atoms with Crippen molar-refractivity contribution in [1.29, 1.82) is 0 Å². The van der Waals surface area contributed by atoms with E-state index in [1.54, 1.807) is 0 Å². The predicted molar refractivity (Wildman–Crippen MR) is 221 cm³/mol. The number of para-hydroxylation sites is 3. The van der Waals surface area contributed by atoms with Crippen molar-refractivity contribution < 1.29 is 0 Å². The Kier molecular flexibility index (Phi) is 7.52. The van der Waals surface area contributed by atoms with Gasteiger partial charge in [0.25, 0.3) is 0 Å². The van der Waals surface area contributed by atoms with Crippen molar-refractivity contribution in [2.45, 2.75) is 38.5 Å². The van der Waals surface area contributed by atoms with Gasteiger partial charge in [0.1, 0.15) is 0 Å². The van der Waals surface area contributed by atoms with E-state index in [4.69, 9.17) is 0 Å².